The van der Waals surface area contributed by atoms with Gasteiger partial charge >= 0.3 is 0 Å². The lowest BCUT2D eigenvalue weighted by atomic mass is 10.1. The minimum Gasteiger partial charge on any atom is -0.374 e. The zero-order valence-corrected chi connectivity index (χ0v) is 14.6. The lowest BCUT2D eigenvalue weighted by molar-refractivity contribution is -0.0208. The van der Waals surface area contributed by atoms with Crippen molar-refractivity contribution in [2.24, 2.45) is 0 Å². The zero-order valence-electron chi connectivity index (χ0n) is 13.8. The Morgan fingerprint density at radius 3 is 3.08 bits per heavy atom. The molecule has 1 saturated heterocycles. The summed E-state index contributed by atoms with van der Waals surface area (Å²) in [7, 11) is 0. The maximum atomic E-state index is 12.8. The third kappa shape index (κ3) is 3.79. The smallest absolute Gasteiger partial charge is 0.257 e. The van der Waals surface area contributed by atoms with Crippen molar-refractivity contribution >= 4 is 17.5 Å². The number of hydrogen-bond donors (Lipinski definition) is 1. The van der Waals surface area contributed by atoms with Crippen LogP contribution in [0.15, 0.2) is 30.5 Å². The highest BCUT2D eigenvalue weighted by molar-refractivity contribution is 6.31. The van der Waals surface area contributed by atoms with Crippen LogP contribution in [0.5, 0.6) is 0 Å². The third-order valence-electron chi connectivity index (χ3n) is 4.28. The van der Waals surface area contributed by atoms with Crippen LogP contribution < -0.4 is 0 Å². The van der Waals surface area contributed by atoms with Gasteiger partial charge in [-0.1, -0.05) is 43.1 Å². The van der Waals surface area contributed by atoms with Gasteiger partial charge in [-0.2, -0.15) is 5.10 Å². The zero-order chi connectivity index (χ0) is 16.9. The largest absolute Gasteiger partial charge is 0.374 e. The molecule has 1 N–H and O–H groups in total. The second-order valence-corrected chi connectivity index (χ2v) is 6.46. The van der Waals surface area contributed by atoms with Gasteiger partial charge in [0.2, 0.25) is 0 Å². The number of halogens is 1. The Morgan fingerprint density at radius 2 is 2.29 bits per heavy atom. The van der Waals surface area contributed by atoms with E-state index in [1.54, 1.807) is 6.20 Å². The summed E-state index contributed by atoms with van der Waals surface area (Å²) in [4.78, 5) is 14.7. The summed E-state index contributed by atoms with van der Waals surface area (Å²) in [6.07, 6.45) is 4.10. The second kappa shape index (κ2) is 7.81. The minimum absolute atomic E-state index is 0.0275. The first-order chi connectivity index (χ1) is 11.7. The maximum absolute atomic E-state index is 12.8. The number of aryl methyl sites for hydroxylation is 1. The summed E-state index contributed by atoms with van der Waals surface area (Å²) in [5.74, 6) is 0.0275. The molecule has 0 bridgehead atoms. The van der Waals surface area contributed by atoms with Gasteiger partial charge in [0.25, 0.3) is 5.91 Å². The molecule has 3 rings (SSSR count). The van der Waals surface area contributed by atoms with Crippen molar-refractivity contribution in [3.05, 3.63) is 52.3 Å². The number of aromatic amines is 1. The van der Waals surface area contributed by atoms with Crippen LogP contribution in [0.1, 0.15) is 35.0 Å². The van der Waals surface area contributed by atoms with E-state index in [9.17, 15) is 4.79 Å². The molecule has 24 heavy (non-hydrogen) atoms. The maximum Gasteiger partial charge on any atom is 0.257 e. The molecule has 0 saturated carbocycles. The van der Waals surface area contributed by atoms with Crippen molar-refractivity contribution in [3.63, 3.8) is 0 Å². The standard InChI is InChI=1S/C18H22ClN3O2/c1-2-5-17-15(11-20-21-17)18(23)22-8-9-24-14(12-22)10-13-6-3-4-7-16(13)19/h3-4,6-7,11,14H,2,5,8-10,12H2,1H3,(H,20,21). The molecule has 0 spiro atoms. The Bertz CT molecular complexity index is 701. The molecule has 1 fully saturated rings. The molecule has 2 heterocycles. The number of H-pyrrole nitrogens is 1. The number of carbonyl (C=O) groups excluding carboxylic acids is 1. The van der Waals surface area contributed by atoms with Crippen LogP contribution in [0.25, 0.3) is 0 Å². The van der Waals surface area contributed by atoms with Crippen molar-refractivity contribution in [2.75, 3.05) is 19.7 Å². The Morgan fingerprint density at radius 1 is 1.46 bits per heavy atom. The fraction of sp³-hybridized carbons (Fsp3) is 0.444. The van der Waals surface area contributed by atoms with E-state index in [0.29, 0.717) is 31.7 Å². The number of rotatable bonds is 5. The van der Waals surface area contributed by atoms with Crippen molar-refractivity contribution in [3.8, 4) is 0 Å². The van der Waals surface area contributed by atoms with E-state index < -0.39 is 0 Å². The molecule has 1 amide bonds. The predicted octanol–water partition coefficient (Wildman–Crippen LogP) is 3.10. The molecule has 6 heteroatoms. The van der Waals surface area contributed by atoms with E-state index >= 15 is 0 Å². The van der Waals surface area contributed by atoms with Crippen LogP contribution in [-0.2, 0) is 17.6 Å². The first-order valence-corrected chi connectivity index (χ1v) is 8.73. The number of nitrogens with zero attached hydrogens (tertiary/aromatic N) is 2. The van der Waals surface area contributed by atoms with Crippen molar-refractivity contribution < 1.29 is 9.53 Å². The van der Waals surface area contributed by atoms with Crippen LogP contribution in [0, 0.1) is 0 Å². The molecule has 128 valence electrons. The molecule has 5 nitrogen and oxygen atoms in total. The molecule has 1 aliphatic rings. The van der Waals surface area contributed by atoms with Gasteiger partial charge in [-0.15, -0.1) is 0 Å². The predicted molar refractivity (Wildman–Crippen MR) is 93.4 cm³/mol. The van der Waals surface area contributed by atoms with Gasteiger partial charge < -0.3 is 9.64 Å². The van der Waals surface area contributed by atoms with Crippen molar-refractivity contribution in [1.29, 1.82) is 0 Å². The summed E-state index contributed by atoms with van der Waals surface area (Å²) in [6.45, 7) is 3.81. The van der Waals surface area contributed by atoms with Gasteiger partial charge in [0, 0.05) is 30.2 Å². The molecule has 1 unspecified atom stereocenters. The van der Waals surface area contributed by atoms with E-state index in [2.05, 4.69) is 17.1 Å². The van der Waals surface area contributed by atoms with Crippen LogP contribution in [0.4, 0.5) is 0 Å². The van der Waals surface area contributed by atoms with Crippen LogP contribution in [0.3, 0.4) is 0 Å². The lowest BCUT2D eigenvalue weighted by Gasteiger charge is -2.33. The van der Waals surface area contributed by atoms with E-state index in [1.165, 1.54) is 0 Å². The second-order valence-electron chi connectivity index (χ2n) is 6.05. The monoisotopic (exact) mass is 347 g/mol. The average molecular weight is 348 g/mol. The number of hydrogen-bond acceptors (Lipinski definition) is 3. The molecule has 1 aliphatic heterocycles. The molecule has 2 aromatic rings. The molecule has 0 aliphatic carbocycles. The Labute approximate surface area is 147 Å². The van der Waals surface area contributed by atoms with Crippen LogP contribution in [-0.4, -0.2) is 46.8 Å². The summed E-state index contributed by atoms with van der Waals surface area (Å²) >= 11 is 6.23. The highest BCUT2D eigenvalue weighted by Gasteiger charge is 2.27. The minimum atomic E-state index is -0.0378. The molecule has 1 atom stereocenters. The van der Waals surface area contributed by atoms with Crippen LogP contribution >= 0.6 is 11.6 Å². The van der Waals surface area contributed by atoms with Gasteiger partial charge in [-0.3, -0.25) is 9.89 Å². The molecule has 1 aromatic heterocycles. The molecule has 1 aromatic carbocycles. The van der Waals surface area contributed by atoms with Gasteiger partial charge in [0.1, 0.15) is 0 Å². The number of ether oxygens (including phenoxy) is 1. The molecule has 0 radical (unpaired) electrons. The third-order valence-corrected chi connectivity index (χ3v) is 4.65. The molecular formula is C18H22ClN3O2. The fourth-order valence-corrected chi connectivity index (χ4v) is 3.26. The number of amides is 1. The van der Waals surface area contributed by atoms with E-state index in [4.69, 9.17) is 16.3 Å². The van der Waals surface area contributed by atoms with Gasteiger partial charge in [0.05, 0.1) is 24.5 Å². The Balaban J connectivity index is 1.68. The van der Waals surface area contributed by atoms with Gasteiger partial charge in [-0.25, -0.2) is 0 Å². The topological polar surface area (TPSA) is 58.2 Å². The number of nitrogens with one attached hydrogen (secondary N) is 1. The summed E-state index contributed by atoms with van der Waals surface area (Å²) in [5.41, 5.74) is 2.64. The van der Waals surface area contributed by atoms with Gasteiger partial charge in [0.15, 0.2) is 0 Å². The number of benzene rings is 1. The fourth-order valence-electron chi connectivity index (χ4n) is 3.04. The first kappa shape index (κ1) is 17.0. The number of carbonyl (C=O) groups is 1. The molecular weight excluding hydrogens is 326 g/mol. The quantitative estimate of drug-likeness (QED) is 0.904. The average Bonchev–Trinajstić information content (AvgIpc) is 3.05. The lowest BCUT2D eigenvalue weighted by Crippen LogP contribution is -2.46. The Kier molecular flexibility index (Phi) is 5.53. The van der Waals surface area contributed by atoms with E-state index in [0.717, 1.165) is 29.1 Å². The summed E-state index contributed by atoms with van der Waals surface area (Å²) in [5, 5.41) is 7.71. The van der Waals surface area contributed by atoms with E-state index in [1.807, 2.05) is 29.2 Å². The van der Waals surface area contributed by atoms with Crippen molar-refractivity contribution in [1.82, 2.24) is 15.1 Å². The number of morpholine rings is 1. The van der Waals surface area contributed by atoms with E-state index in [-0.39, 0.29) is 12.0 Å². The summed E-state index contributed by atoms with van der Waals surface area (Å²) < 4.78 is 5.84. The van der Waals surface area contributed by atoms with Crippen molar-refractivity contribution in [2.45, 2.75) is 32.3 Å². The van der Waals surface area contributed by atoms with Gasteiger partial charge in [-0.05, 0) is 18.1 Å². The van der Waals surface area contributed by atoms with Crippen LogP contribution in [0.2, 0.25) is 5.02 Å². The highest BCUT2D eigenvalue weighted by atomic mass is 35.5. The number of aromatic nitrogens is 2. The Hall–Kier alpha value is -1.85. The first-order valence-electron chi connectivity index (χ1n) is 8.35. The highest BCUT2D eigenvalue weighted by Crippen LogP contribution is 2.20. The normalized spacial score (nSPS) is 17.9. The summed E-state index contributed by atoms with van der Waals surface area (Å²) in [6, 6.07) is 7.76. The SMILES string of the molecule is CCCc1[nH]ncc1C(=O)N1CCOC(Cc2ccccc2Cl)C1.